The first-order chi connectivity index (χ1) is 8.77. The van der Waals surface area contributed by atoms with Crippen molar-refractivity contribution >= 4 is 17.0 Å². The highest BCUT2D eigenvalue weighted by atomic mass is 16.5. The second-order valence-corrected chi connectivity index (χ2v) is 4.38. The number of ether oxygens (including phenoxy) is 1. The first kappa shape index (κ1) is 11.2. The van der Waals surface area contributed by atoms with Crippen molar-refractivity contribution in [3.63, 3.8) is 0 Å². The highest BCUT2D eigenvalue weighted by molar-refractivity contribution is 6.00. The summed E-state index contributed by atoms with van der Waals surface area (Å²) in [4.78, 5) is 11.1. The summed E-state index contributed by atoms with van der Waals surface area (Å²) in [6.07, 6.45) is 1.97. The molecule has 2 aromatic rings. The summed E-state index contributed by atoms with van der Waals surface area (Å²) in [5.74, 6) is -0.979. The van der Waals surface area contributed by atoms with E-state index >= 15 is 0 Å². The van der Waals surface area contributed by atoms with Gasteiger partial charge in [-0.25, -0.2) is 9.48 Å². The Kier molecular flexibility index (Phi) is 2.71. The van der Waals surface area contributed by atoms with Crippen molar-refractivity contribution in [2.45, 2.75) is 18.9 Å². The van der Waals surface area contributed by atoms with E-state index in [0.29, 0.717) is 12.1 Å². The molecule has 0 aliphatic carbocycles. The van der Waals surface area contributed by atoms with Gasteiger partial charge in [-0.15, -0.1) is 5.10 Å². The third kappa shape index (κ3) is 1.74. The molecule has 2 heterocycles. The molecule has 0 spiro atoms. The molecular weight excluding hydrogens is 234 g/mol. The molecule has 1 aliphatic heterocycles. The molecule has 94 valence electrons. The lowest BCUT2D eigenvalue weighted by molar-refractivity contribution is 0.0558. The summed E-state index contributed by atoms with van der Waals surface area (Å²) >= 11 is 0. The molecule has 6 nitrogen and oxygen atoms in total. The molecule has 18 heavy (non-hydrogen) atoms. The molecule has 1 unspecified atom stereocenters. The monoisotopic (exact) mass is 247 g/mol. The smallest absolute Gasteiger partial charge is 0.338 e. The maximum Gasteiger partial charge on any atom is 0.338 e. The zero-order valence-corrected chi connectivity index (χ0v) is 9.74. The van der Waals surface area contributed by atoms with E-state index in [1.54, 1.807) is 16.8 Å². The molecule has 3 rings (SSSR count). The molecule has 1 fully saturated rings. The molecule has 1 atom stereocenters. The Morgan fingerprint density at radius 1 is 1.50 bits per heavy atom. The van der Waals surface area contributed by atoms with Crippen molar-refractivity contribution < 1.29 is 14.6 Å². The van der Waals surface area contributed by atoms with Gasteiger partial charge in [-0.3, -0.25) is 0 Å². The minimum absolute atomic E-state index is 0.146. The molecule has 0 amide bonds. The Morgan fingerprint density at radius 3 is 3.11 bits per heavy atom. The fourth-order valence-electron chi connectivity index (χ4n) is 2.32. The lowest BCUT2D eigenvalue weighted by Gasteiger charge is -2.22. The summed E-state index contributed by atoms with van der Waals surface area (Å²) in [7, 11) is 0. The third-order valence-electron chi connectivity index (χ3n) is 3.22. The van der Waals surface area contributed by atoms with Crippen molar-refractivity contribution in [1.82, 2.24) is 15.0 Å². The van der Waals surface area contributed by atoms with Crippen LogP contribution in [0.1, 0.15) is 29.2 Å². The standard InChI is InChI=1S/C12H13N3O3/c16-12(17)9-4-1-5-10-11(9)13-14-15(10)8-3-2-6-18-7-8/h1,4-5,8H,2-3,6-7H2,(H,16,17). The number of aromatic carboxylic acids is 1. The number of carboxylic acid groups (broad SMARTS) is 1. The largest absolute Gasteiger partial charge is 0.478 e. The van der Waals surface area contributed by atoms with Gasteiger partial charge in [0.1, 0.15) is 5.52 Å². The lowest BCUT2D eigenvalue weighted by Crippen LogP contribution is -2.22. The quantitative estimate of drug-likeness (QED) is 0.869. The Morgan fingerprint density at radius 2 is 2.39 bits per heavy atom. The van der Waals surface area contributed by atoms with Crippen LogP contribution in [-0.2, 0) is 4.74 Å². The Bertz CT molecular complexity index is 587. The van der Waals surface area contributed by atoms with Gasteiger partial charge in [0.2, 0.25) is 0 Å². The predicted octanol–water partition coefficient (Wildman–Crippen LogP) is 1.48. The van der Waals surface area contributed by atoms with E-state index in [4.69, 9.17) is 9.84 Å². The first-order valence-electron chi connectivity index (χ1n) is 5.92. The molecule has 0 radical (unpaired) electrons. The van der Waals surface area contributed by atoms with Gasteiger partial charge in [0.15, 0.2) is 0 Å². The summed E-state index contributed by atoms with van der Waals surface area (Å²) < 4.78 is 7.21. The second kappa shape index (κ2) is 4.38. The Hall–Kier alpha value is -1.95. The van der Waals surface area contributed by atoms with E-state index in [9.17, 15) is 4.79 Å². The van der Waals surface area contributed by atoms with Gasteiger partial charge in [-0.05, 0) is 25.0 Å². The van der Waals surface area contributed by atoms with Gasteiger partial charge in [-0.1, -0.05) is 11.3 Å². The van der Waals surface area contributed by atoms with E-state index in [-0.39, 0.29) is 11.6 Å². The van der Waals surface area contributed by atoms with Crippen molar-refractivity contribution in [2.75, 3.05) is 13.2 Å². The minimum atomic E-state index is -0.979. The predicted molar refractivity (Wildman–Crippen MR) is 63.6 cm³/mol. The van der Waals surface area contributed by atoms with Crippen LogP contribution in [0, 0.1) is 0 Å². The molecule has 1 N–H and O–H groups in total. The number of aromatic nitrogens is 3. The van der Waals surface area contributed by atoms with Crippen LogP contribution in [0.25, 0.3) is 11.0 Å². The van der Waals surface area contributed by atoms with Crippen LogP contribution < -0.4 is 0 Å². The van der Waals surface area contributed by atoms with E-state index in [0.717, 1.165) is 25.0 Å². The van der Waals surface area contributed by atoms with Crippen LogP contribution in [0.5, 0.6) is 0 Å². The Balaban J connectivity index is 2.08. The summed E-state index contributed by atoms with van der Waals surface area (Å²) in [5.41, 5.74) is 1.39. The number of benzene rings is 1. The average Bonchev–Trinajstić information content (AvgIpc) is 2.83. The van der Waals surface area contributed by atoms with Crippen LogP contribution >= 0.6 is 0 Å². The zero-order chi connectivity index (χ0) is 12.5. The Labute approximate surface area is 103 Å². The van der Waals surface area contributed by atoms with Gasteiger partial charge >= 0.3 is 5.97 Å². The molecule has 0 saturated carbocycles. The number of fused-ring (bicyclic) bond motifs is 1. The number of carboxylic acids is 1. The molecule has 1 aromatic carbocycles. The topological polar surface area (TPSA) is 77.2 Å². The van der Waals surface area contributed by atoms with Gasteiger partial charge in [0.25, 0.3) is 0 Å². The van der Waals surface area contributed by atoms with E-state index < -0.39 is 5.97 Å². The van der Waals surface area contributed by atoms with Gasteiger partial charge in [0, 0.05) is 6.61 Å². The van der Waals surface area contributed by atoms with E-state index in [1.165, 1.54) is 0 Å². The van der Waals surface area contributed by atoms with Crippen LogP contribution in [0.3, 0.4) is 0 Å². The highest BCUT2D eigenvalue weighted by Crippen LogP contribution is 2.24. The van der Waals surface area contributed by atoms with Crippen molar-refractivity contribution in [1.29, 1.82) is 0 Å². The van der Waals surface area contributed by atoms with Gasteiger partial charge < -0.3 is 9.84 Å². The second-order valence-electron chi connectivity index (χ2n) is 4.38. The third-order valence-corrected chi connectivity index (χ3v) is 3.22. The number of hydrogen-bond acceptors (Lipinski definition) is 4. The average molecular weight is 247 g/mol. The van der Waals surface area contributed by atoms with Crippen LogP contribution in [-0.4, -0.2) is 39.3 Å². The molecular formula is C12H13N3O3. The maximum atomic E-state index is 11.1. The SMILES string of the molecule is O=C(O)c1cccc2c1nnn2C1CCCOC1. The van der Waals surface area contributed by atoms with Crippen molar-refractivity contribution in [3.8, 4) is 0 Å². The van der Waals surface area contributed by atoms with Crippen LogP contribution in [0.2, 0.25) is 0 Å². The molecule has 6 heteroatoms. The van der Waals surface area contributed by atoms with E-state index in [2.05, 4.69) is 10.3 Å². The zero-order valence-electron chi connectivity index (χ0n) is 9.74. The lowest BCUT2D eigenvalue weighted by atomic mass is 10.1. The molecule has 1 aromatic heterocycles. The summed E-state index contributed by atoms with van der Waals surface area (Å²) in [6, 6.07) is 5.25. The van der Waals surface area contributed by atoms with Crippen LogP contribution in [0.15, 0.2) is 18.2 Å². The van der Waals surface area contributed by atoms with Crippen molar-refractivity contribution in [3.05, 3.63) is 23.8 Å². The molecule has 1 aliphatic rings. The molecule has 0 bridgehead atoms. The normalized spacial score (nSPS) is 20.1. The number of hydrogen-bond donors (Lipinski definition) is 1. The summed E-state index contributed by atoms with van der Waals surface area (Å²) in [5, 5.41) is 17.2. The first-order valence-corrected chi connectivity index (χ1v) is 5.92. The number of rotatable bonds is 2. The maximum absolute atomic E-state index is 11.1. The number of carbonyl (C=O) groups is 1. The van der Waals surface area contributed by atoms with Crippen LogP contribution in [0.4, 0.5) is 0 Å². The summed E-state index contributed by atoms with van der Waals surface area (Å²) in [6.45, 7) is 1.39. The molecule has 1 saturated heterocycles. The minimum Gasteiger partial charge on any atom is -0.478 e. The van der Waals surface area contributed by atoms with E-state index in [1.807, 2.05) is 6.07 Å². The van der Waals surface area contributed by atoms with Gasteiger partial charge in [0.05, 0.1) is 23.7 Å². The fourth-order valence-corrected chi connectivity index (χ4v) is 2.32. The number of nitrogens with zero attached hydrogens (tertiary/aromatic N) is 3. The highest BCUT2D eigenvalue weighted by Gasteiger charge is 2.21. The van der Waals surface area contributed by atoms with Gasteiger partial charge in [-0.2, -0.15) is 0 Å². The van der Waals surface area contributed by atoms with Crippen molar-refractivity contribution in [2.24, 2.45) is 0 Å². The fraction of sp³-hybridized carbons (Fsp3) is 0.417.